The Labute approximate surface area is 156 Å². The number of likely N-dealkylation sites (tertiary alicyclic amines) is 1. The fraction of sp³-hybridized carbons (Fsp3) is 0.650. The minimum absolute atomic E-state index is 0.0625. The van der Waals surface area contributed by atoms with Crippen molar-refractivity contribution in [3.8, 4) is 5.75 Å². The zero-order valence-electron chi connectivity index (χ0n) is 15.8. The highest BCUT2D eigenvalue weighted by molar-refractivity contribution is 5.73. The monoisotopic (exact) mass is 361 g/mol. The normalized spacial score (nSPS) is 22.1. The van der Waals surface area contributed by atoms with Gasteiger partial charge in [-0.3, -0.25) is 14.6 Å². The standard InChI is InChI=1S/C20H31N3O3/c1-17(24)21-19-5-3-7-23(16-19)15-18-4-2-6-20(14-18)26-13-10-22-8-11-25-12-9-22/h2,4,6,14,19H,3,5,7-13,15-16H2,1H3,(H,21,24). The van der Waals surface area contributed by atoms with Crippen molar-refractivity contribution < 1.29 is 14.3 Å². The lowest BCUT2D eigenvalue weighted by Gasteiger charge is -2.33. The first-order valence-electron chi connectivity index (χ1n) is 9.70. The maximum atomic E-state index is 11.3. The quantitative estimate of drug-likeness (QED) is 0.798. The molecular weight excluding hydrogens is 330 g/mol. The van der Waals surface area contributed by atoms with Crippen LogP contribution in [0.3, 0.4) is 0 Å². The van der Waals surface area contributed by atoms with Gasteiger partial charge in [0, 0.05) is 45.7 Å². The molecule has 1 atom stereocenters. The molecular formula is C20H31N3O3. The molecule has 1 unspecified atom stereocenters. The van der Waals surface area contributed by atoms with Crippen LogP contribution in [0, 0.1) is 0 Å². The number of nitrogens with zero attached hydrogens (tertiary/aromatic N) is 2. The fourth-order valence-corrected chi connectivity index (χ4v) is 3.71. The van der Waals surface area contributed by atoms with E-state index in [0.717, 1.165) is 71.1 Å². The van der Waals surface area contributed by atoms with Gasteiger partial charge >= 0.3 is 0 Å². The topological polar surface area (TPSA) is 54.0 Å². The third kappa shape index (κ3) is 6.27. The van der Waals surface area contributed by atoms with Gasteiger partial charge in [-0.05, 0) is 37.1 Å². The molecule has 0 radical (unpaired) electrons. The molecule has 2 saturated heterocycles. The summed E-state index contributed by atoms with van der Waals surface area (Å²) in [5, 5.41) is 3.05. The van der Waals surface area contributed by atoms with Crippen molar-refractivity contribution in [1.29, 1.82) is 0 Å². The molecule has 6 nitrogen and oxygen atoms in total. The molecule has 2 fully saturated rings. The van der Waals surface area contributed by atoms with Crippen LogP contribution in [-0.2, 0) is 16.1 Å². The Hall–Kier alpha value is -1.63. The molecule has 26 heavy (non-hydrogen) atoms. The second kappa shape index (κ2) is 9.90. The third-order valence-electron chi connectivity index (χ3n) is 5.00. The molecule has 0 spiro atoms. The largest absolute Gasteiger partial charge is 0.492 e. The van der Waals surface area contributed by atoms with Gasteiger partial charge in [0.05, 0.1) is 13.2 Å². The summed E-state index contributed by atoms with van der Waals surface area (Å²) in [6.45, 7) is 9.78. The zero-order valence-corrected chi connectivity index (χ0v) is 15.8. The Kier molecular flexibility index (Phi) is 7.29. The Morgan fingerprint density at radius 3 is 2.92 bits per heavy atom. The highest BCUT2D eigenvalue weighted by Gasteiger charge is 2.20. The van der Waals surface area contributed by atoms with E-state index in [1.165, 1.54) is 5.56 Å². The van der Waals surface area contributed by atoms with Gasteiger partial charge < -0.3 is 14.8 Å². The van der Waals surface area contributed by atoms with E-state index in [9.17, 15) is 4.79 Å². The highest BCUT2D eigenvalue weighted by atomic mass is 16.5. The van der Waals surface area contributed by atoms with E-state index in [2.05, 4.69) is 33.3 Å². The number of carbonyl (C=O) groups is 1. The lowest BCUT2D eigenvalue weighted by molar-refractivity contribution is -0.120. The van der Waals surface area contributed by atoms with E-state index >= 15 is 0 Å². The van der Waals surface area contributed by atoms with Gasteiger partial charge in [0.15, 0.2) is 0 Å². The van der Waals surface area contributed by atoms with E-state index in [1.54, 1.807) is 6.92 Å². The number of hydrogen-bond acceptors (Lipinski definition) is 5. The van der Waals surface area contributed by atoms with Crippen LogP contribution >= 0.6 is 0 Å². The smallest absolute Gasteiger partial charge is 0.217 e. The van der Waals surface area contributed by atoms with E-state index in [-0.39, 0.29) is 11.9 Å². The summed E-state index contributed by atoms with van der Waals surface area (Å²) in [5.41, 5.74) is 1.26. The molecule has 6 heteroatoms. The molecule has 1 aromatic carbocycles. The highest BCUT2D eigenvalue weighted by Crippen LogP contribution is 2.18. The molecule has 0 bridgehead atoms. The van der Waals surface area contributed by atoms with Crippen LogP contribution < -0.4 is 10.1 Å². The third-order valence-corrected chi connectivity index (χ3v) is 5.00. The first kappa shape index (κ1) is 19.1. The fourth-order valence-electron chi connectivity index (χ4n) is 3.71. The van der Waals surface area contributed by atoms with Crippen LogP contribution in [0.2, 0.25) is 0 Å². The number of amides is 1. The van der Waals surface area contributed by atoms with Gasteiger partial charge in [0.1, 0.15) is 12.4 Å². The summed E-state index contributed by atoms with van der Waals surface area (Å²) in [4.78, 5) is 16.1. The van der Waals surface area contributed by atoms with E-state index < -0.39 is 0 Å². The van der Waals surface area contributed by atoms with Crippen molar-refractivity contribution in [3.63, 3.8) is 0 Å². The number of rotatable bonds is 7. The van der Waals surface area contributed by atoms with Crippen LogP contribution in [0.1, 0.15) is 25.3 Å². The summed E-state index contributed by atoms with van der Waals surface area (Å²) < 4.78 is 11.3. The molecule has 2 aliphatic heterocycles. The first-order chi connectivity index (χ1) is 12.7. The lowest BCUT2D eigenvalue weighted by atomic mass is 10.0. The minimum atomic E-state index is 0.0625. The van der Waals surface area contributed by atoms with Gasteiger partial charge in [-0.15, -0.1) is 0 Å². The predicted molar refractivity (Wildman–Crippen MR) is 101 cm³/mol. The minimum Gasteiger partial charge on any atom is -0.492 e. The second-order valence-electron chi connectivity index (χ2n) is 7.22. The maximum Gasteiger partial charge on any atom is 0.217 e. The molecule has 0 aliphatic carbocycles. The van der Waals surface area contributed by atoms with Gasteiger partial charge in [-0.25, -0.2) is 0 Å². The number of piperidine rings is 1. The Morgan fingerprint density at radius 1 is 1.27 bits per heavy atom. The molecule has 1 amide bonds. The molecule has 1 aromatic rings. The molecule has 1 N–H and O–H groups in total. The van der Waals surface area contributed by atoms with E-state index in [0.29, 0.717) is 6.61 Å². The molecule has 0 aromatic heterocycles. The van der Waals surface area contributed by atoms with Gasteiger partial charge in [-0.1, -0.05) is 12.1 Å². The van der Waals surface area contributed by atoms with E-state index in [1.807, 2.05) is 6.07 Å². The molecule has 0 saturated carbocycles. The SMILES string of the molecule is CC(=O)NC1CCCN(Cc2cccc(OCCN3CCOCC3)c2)C1. The molecule has 2 heterocycles. The summed E-state index contributed by atoms with van der Waals surface area (Å²) in [7, 11) is 0. The number of morpholine rings is 1. The van der Waals surface area contributed by atoms with Crippen molar-refractivity contribution >= 4 is 5.91 Å². The van der Waals surface area contributed by atoms with Crippen LogP contribution in [0.5, 0.6) is 5.75 Å². The van der Waals surface area contributed by atoms with Crippen LogP contribution in [0.15, 0.2) is 24.3 Å². The molecule has 3 rings (SSSR count). The van der Waals surface area contributed by atoms with Crippen molar-refractivity contribution in [2.45, 2.75) is 32.4 Å². The van der Waals surface area contributed by atoms with Gasteiger partial charge in [-0.2, -0.15) is 0 Å². The Morgan fingerprint density at radius 2 is 2.12 bits per heavy atom. The summed E-state index contributed by atoms with van der Waals surface area (Å²) in [5.74, 6) is 0.999. The maximum absolute atomic E-state index is 11.3. The zero-order chi connectivity index (χ0) is 18.2. The average molecular weight is 361 g/mol. The summed E-state index contributed by atoms with van der Waals surface area (Å²) in [6.07, 6.45) is 2.20. The van der Waals surface area contributed by atoms with Crippen LogP contribution in [0.25, 0.3) is 0 Å². The van der Waals surface area contributed by atoms with Crippen molar-refractivity contribution in [2.24, 2.45) is 0 Å². The van der Waals surface area contributed by atoms with Gasteiger partial charge in [0.25, 0.3) is 0 Å². The molecule has 144 valence electrons. The number of hydrogen-bond donors (Lipinski definition) is 1. The summed E-state index contributed by atoms with van der Waals surface area (Å²) in [6, 6.07) is 8.65. The van der Waals surface area contributed by atoms with Crippen molar-refractivity contribution in [1.82, 2.24) is 15.1 Å². The van der Waals surface area contributed by atoms with Gasteiger partial charge in [0.2, 0.25) is 5.91 Å². The number of ether oxygens (including phenoxy) is 2. The second-order valence-corrected chi connectivity index (χ2v) is 7.22. The van der Waals surface area contributed by atoms with Crippen LogP contribution in [-0.4, -0.2) is 74.3 Å². The van der Waals surface area contributed by atoms with Crippen LogP contribution in [0.4, 0.5) is 0 Å². The van der Waals surface area contributed by atoms with Crippen molar-refractivity contribution in [3.05, 3.63) is 29.8 Å². The lowest BCUT2D eigenvalue weighted by Crippen LogP contribution is -2.46. The first-order valence-corrected chi connectivity index (χ1v) is 9.70. The average Bonchev–Trinajstić information content (AvgIpc) is 2.63. The predicted octanol–water partition coefficient (Wildman–Crippen LogP) is 1.50. The number of nitrogens with one attached hydrogen (secondary N) is 1. The molecule has 2 aliphatic rings. The Balaban J connectivity index is 1.45. The van der Waals surface area contributed by atoms with E-state index in [4.69, 9.17) is 9.47 Å². The summed E-state index contributed by atoms with van der Waals surface area (Å²) >= 11 is 0. The Bertz CT molecular complexity index is 575. The van der Waals surface area contributed by atoms with Crippen molar-refractivity contribution in [2.75, 3.05) is 52.5 Å². The number of carbonyl (C=O) groups excluding carboxylic acids is 1. The number of benzene rings is 1.